The molecule has 0 aromatic carbocycles. The van der Waals surface area contributed by atoms with E-state index in [0.717, 1.165) is 6.54 Å². The van der Waals surface area contributed by atoms with Gasteiger partial charge in [0.2, 0.25) is 0 Å². The highest BCUT2D eigenvalue weighted by atomic mass is 28.4. The van der Waals surface area contributed by atoms with Crippen LogP contribution in [-0.2, 0) is 0 Å². The lowest BCUT2D eigenvalue weighted by molar-refractivity contribution is 0.427. The summed E-state index contributed by atoms with van der Waals surface area (Å²) in [5.41, 5.74) is 0. The molecule has 0 aliphatic heterocycles. The van der Waals surface area contributed by atoms with Gasteiger partial charge in [-0.3, -0.25) is 0 Å². The van der Waals surface area contributed by atoms with Gasteiger partial charge in [-0.1, -0.05) is 65.0 Å². The van der Waals surface area contributed by atoms with Crippen molar-refractivity contribution < 1.29 is 0 Å². The molecule has 0 aromatic rings. The molecule has 0 radical (unpaired) electrons. The standard InChI is InChI=1S/C14H36N2Si3/c1-11-12-15(17(2,3)4)13-14-16(18(5,6)7)19(8,9)10/h11H,1,12-14H2,2-10H3. The van der Waals surface area contributed by atoms with E-state index in [2.05, 4.69) is 80.4 Å². The monoisotopic (exact) mass is 316 g/mol. The van der Waals surface area contributed by atoms with Crippen LogP contribution in [-0.4, -0.2) is 53.1 Å². The van der Waals surface area contributed by atoms with Crippen molar-refractivity contribution in [3.05, 3.63) is 12.7 Å². The minimum absolute atomic E-state index is 1.04. The smallest absolute Gasteiger partial charge is 0.119 e. The SMILES string of the molecule is C=CCN(CCN([Si](C)(C)C)[Si](C)(C)C)[Si](C)(C)C. The lowest BCUT2D eigenvalue weighted by Gasteiger charge is -2.45. The molecule has 0 spiro atoms. The molecule has 0 fully saturated rings. The Balaban J connectivity index is 4.84. The van der Waals surface area contributed by atoms with E-state index < -0.39 is 24.7 Å². The fraction of sp³-hybridized carbons (Fsp3) is 0.857. The molecule has 0 rings (SSSR count). The third-order valence-corrected chi connectivity index (χ3v) is 13.5. The fourth-order valence-electron chi connectivity index (χ4n) is 2.75. The van der Waals surface area contributed by atoms with Gasteiger partial charge < -0.3 is 8.80 Å². The van der Waals surface area contributed by atoms with Crippen LogP contribution >= 0.6 is 0 Å². The number of rotatable bonds is 8. The molecule has 0 N–H and O–H groups in total. The normalized spacial score (nSPS) is 14.3. The van der Waals surface area contributed by atoms with Gasteiger partial charge in [-0.25, -0.2) is 0 Å². The van der Waals surface area contributed by atoms with Crippen LogP contribution in [0.4, 0.5) is 0 Å². The van der Waals surface area contributed by atoms with E-state index in [1.165, 1.54) is 13.1 Å². The lowest BCUT2D eigenvalue weighted by atomic mass is 10.5. The first-order chi connectivity index (χ1) is 8.30. The molecule has 0 bridgehead atoms. The maximum atomic E-state index is 3.92. The van der Waals surface area contributed by atoms with Crippen LogP contribution in [0.2, 0.25) is 58.9 Å². The zero-order chi connectivity index (χ0) is 15.5. The Bertz CT molecular complexity index is 271. The average molecular weight is 317 g/mol. The molecule has 0 atom stereocenters. The van der Waals surface area contributed by atoms with E-state index in [1.807, 2.05) is 0 Å². The van der Waals surface area contributed by atoms with Gasteiger partial charge in [-0.05, 0) is 6.54 Å². The van der Waals surface area contributed by atoms with Gasteiger partial charge in [0.05, 0.1) is 0 Å². The van der Waals surface area contributed by atoms with Gasteiger partial charge in [0.1, 0.15) is 24.7 Å². The number of hydrogen-bond donors (Lipinski definition) is 0. The van der Waals surface area contributed by atoms with Crippen molar-refractivity contribution in [3.8, 4) is 0 Å². The van der Waals surface area contributed by atoms with Crippen molar-refractivity contribution in [3.63, 3.8) is 0 Å². The molecule has 0 unspecified atom stereocenters. The molecule has 0 saturated heterocycles. The summed E-state index contributed by atoms with van der Waals surface area (Å²) >= 11 is 0. The Kier molecular flexibility index (Phi) is 6.96. The summed E-state index contributed by atoms with van der Waals surface area (Å²) in [7, 11) is -3.65. The summed E-state index contributed by atoms with van der Waals surface area (Å²) in [6.07, 6.45) is 2.06. The lowest BCUT2D eigenvalue weighted by Crippen LogP contribution is -2.61. The van der Waals surface area contributed by atoms with Crippen molar-refractivity contribution in [2.75, 3.05) is 19.6 Å². The Morgan fingerprint density at radius 3 is 1.42 bits per heavy atom. The molecule has 0 amide bonds. The predicted molar refractivity (Wildman–Crippen MR) is 98.5 cm³/mol. The summed E-state index contributed by atoms with van der Waals surface area (Å²) in [5.74, 6) is 0. The third-order valence-electron chi connectivity index (χ3n) is 3.51. The first-order valence-electron chi connectivity index (χ1n) is 7.44. The van der Waals surface area contributed by atoms with E-state index in [9.17, 15) is 0 Å². The minimum Gasteiger partial charge on any atom is -0.345 e. The van der Waals surface area contributed by atoms with E-state index in [0.29, 0.717) is 0 Å². The van der Waals surface area contributed by atoms with Crippen molar-refractivity contribution in [2.24, 2.45) is 0 Å². The van der Waals surface area contributed by atoms with Crippen LogP contribution in [0.1, 0.15) is 0 Å². The molecule has 0 aliphatic carbocycles. The molecular formula is C14H36N2Si3. The zero-order valence-electron chi connectivity index (χ0n) is 14.8. The van der Waals surface area contributed by atoms with Crippen LogP contribution in [0, 0.1) is 0 Å². The van der Waals surface area contributed by atoms with Crippen LogP contribution in [0.5, 0.6) is 0 Å². The van der Waals surface area contributed by atoms with Gasteiger partial charge in [0, 0.05) is 13.1 Å². The molecule has 19 heavy (non-hydrogen) atoms. The van der Waals surface area contributed by atoms with Gasteiger partial charge in [-0.2, -0.15) is 0 Å². The molecule has 0 aromatic heterocycles. The van der Waals surface area contributed by atoms with Crippen LogP contribution in [0.15, 0.2) is 12.7 Å². The summed E-state index contributed by atoms with van der Waals surface area (Å²) in [5, 5.41) is 0. The molecular weight excluding hydrogens is 280 g/mol. The topological polar surface area (TPSA) is 6.48 Å². The Labute approximate surface area is 125 Å². The molecule has 0 saturated carbocycles. The van der Waals surface area contributed by atoms with Crippen LogP contribution < -0.4 is 0 Å². The van der Waals surface area contributed by atoms with Crippen molar-refractivity contribution in [1.29, 1.82) is 0 Å². The molecule has 0 heterocycles. The van der Waals surface area contributed by atoms with Crippen LogP contribution in [0.25, 0.3) is 0 Å². The summed E-state index contributed by atoms with van der Waals surface area (Å²) in [6, 6.07) is 0. The Morgan fingerprint density at radius 1 is 0.737 bits per heavy atom. The molecule has 0 aliphatic rings. The average Bonchev–Trinajstić information content (AvgIpc) is 2.10. The fourth-order valence-corrected chi connectivity index (χ4v) is 13.8. The number of nitrogens with zero attached hydrogens (tertiary/aromatic N) is 2. The van der Waals surface area contributed by atoms with Gasteiger partial charge in [-0.15, -0.1) is 6.58 Å². The quantitative estimate of drug-likeness (QED) is 0.487. The van der Waals surface area contributed by atoms with Gasteiger partial charge in [0.15, 0.2) is 0 Å². The molecule has 5 heteroatoms. The number of hydrogen-bond acceptors (Lipinski definition) is 2. The van der Waals surface area contributed by atoms with Crippen molar-refractivity contribution in [1.82, 2.24) is 8.80 Å². The first kappa shape index (κ1) is 19.3. The Morgan fingerprint density at radius 2 is 1.16 bits per heavy atom. The van der Waals surface area contributed by atoms with E-state index in [4.69, 9.17) is 0 Å². The van der Waals surface area contributed by atoms with E-state index in [-0.39, 0.29) is 0 Å². The molecule has 114 valence electrons. The summed E-state index contributed by atoms with van der Waals surface area (Å²) in [4.78, 5) is 0. The maximum absolute atomic E-state index is 3.92. The minimum atomic E-state index is -1.23. The maximum Gasteiger partial charge on any atom is 0.119 e. The van der Waals surface area contributed by atoms with Crippen molar-refractivity contribution >= 4 is 24.7 Å². The molecule has 2 nitrogen and oxygen atoms in total. The van der Waals surface area contributed by atoms with Crippen molar-refractivity contribution in [2.45, 2.75) is 58.9 Å². The second-order valence-corrected chi connectivity index (χ2v) is 23.6. The highest BCUT2D eigenvalue weighted by Gasteiger charge is 2.35. The van der Waals surface area contributed by atoms with Crippen LogP contribution in [0.3, 0.4) is 0 Å². The highest BCUT2D eigenvalue weighted by molar-refractivity contribution is 6.89. The first-order valence-corrected chi connectivity index (χ1v) is 17.8. The zero-order valence-corrected chi connectivity index (χ0v) is 17.8. The van der Waals surface area contributed by atoms with Gasteiger partial charge >= 0.3 is 0 Å². The summed E-state index contributed by atoms with van der Waals surface area (Å²) in [6.45, 7) is 29.6. The Hall–Kier alpha value is 0.311. The predicted octanol–water partition coefficient (Wildman–Crippen LogP) is 4.28. The second-order valence-electron chi connectivity index (χ2n) is 8.40. The summed E-state index contributed by atoms with van der Waals surface area (Å²) < 4.78 is 5.56. The third kappa shape index (κ3) is 7.04. The van der Waals surface area contributed by atoms with E-state index >= 15 is 0 Å². The highest BCUT2D eigenvalue weighted by Crippen LogP contribution is 2.20. The largest absolute Gasteiger partial charge is 0.345 e. The second kappa shape index (κ2) is 6.85. The van der Waals surface area contributed by atoms with Gasteiger partial charge in [0.25, 0.3) is 0 Å². The van der Waals surface area contributed by atoms with E-state index in [1.54, 1.807) is 0 Å².